The molecule has 1 heterocycles. The topological polar surface area (TPSA) is 54.4 Å². The van der Waals surface area contributed by atoms with Crippen molar-refractivity contribution in [2.45, 2.75) is 45.6 Å². The van der Waals surface area contributed by atoms with Crippen LogP contribution in [0.2, 0.25) is 0 Å². The number of ether oxygens (including phenoxy) is 1. The second-order valence-electron chi connectivity index (χ2n) is 9.44. The Kier molecular flexibility index (Phi) is 6.49. The fraction of sp³-hybridized carbons (Fsp3) is 0.423. The zero-order chi connectivity index (χ0) is 21.9. The molecule has 2 N–H and O–H groups in total. The number of pyridine rings is 1. The number of aromatic nitrogens is 1. The maximum absolute atomic E-state index is 12.1. The van der Waals surface area contributed by atoms with Gasteiger partial charge >= 0.3 is 0 Å². The molecule has 0 fully saturated rings. The first-order chi connectivity index (χ1) is 14.1. The summed E-state index contributed by atoms with van der Waals surface area (Å²) in [6.45, 7) is 12.0. The van der Waals surface area contributed by atoms with E-state index in [4.69, 9.17) is 9.72 Å². The highest BCUT2D eigenvalue weighted by Crippen LogP contribution is 2.38. The van der Waals surface area contributed by atoms with Gasteiger partial charge in [-0.05, 0) is 47.7 Å². The van der Waals surface area contributed by atoms with Gasteiger partial charge in [0.15, 0.2) is 0 Å². The standard InChI is InChI=1S/C26H34N2O2/c1-18(2)16-27-17-26(29,24-14-11-19-9-7-8-10-22(19)28-24)21-15-20(25(3,4)5)12-13-23(21)30-6/h7-15,18,27,29H,16-17H2,1-6H3. The Labute approximate surface area is 180 Å². The van der Waals surface area contributed by atoms with Crippen LogP contribution in [0.4, 0.5) is 0 Å². The van der Waals surface area contributed by atoms with Crippen molar-refractivity contribution in [3.8, 4) is 5.75 Å². The van der Waals surface area contributed by atoms with Crippen molar-refractivity contribution in [2.75, 3.05) is 20.2 Å². The molecule has 3 rings (SSSR count). The normalized spacial score (nSPS) is 14.1. The number of benzene rings is 2. The summed E-state index contributed by atoms with van der Waals surface area (Å²) in [5.41, 5.74) is 1.97. The molecule has 0 spiro atoms. The molecule has 0 bridgehead atoms. The van der Waals surface area contributed by atoms with Crippen LogP contribution in [-0.2, 0) is 11.0 Å². The molecule has 0 saturated heterocycles. The van der Waals surface area contributed by atoms with E-state index in [0.29, 0.717) is 23.9 Å². The summed E-state index contributed by atoms with van der Waals surface area (Å²) in [5, 5.41) is 16.6. The van der Waals surface area contributed by atoms with E-state index in [1.807, 2.05) is 42.5 Å². The zero-order valence-electron chi connectivity index (χ0n) is 19.0. The average Bonchev–Trinajstić information content (AvgIpc) is 2.71. The molecule has 1 aromatic heterocycles. The van der Waals surface area contributed by atoms with Crippen LogP contribution >= 0.6 is 0 Å². The number of fused-ring (bicyclic) bond motifs is 1. The lowest BCUT2D eigenvalue weighted by atomic mass is 9.81. The summed E-state index contributed by atoms with van der Waals surface area (Å²) in [6.07, 6.45) is 0. The molecule has 4 nitrogen and oxygen atoms in total. The van der Waals surface area contributed by atoms with Gasteiger partial charge in [-0.25, -0.2) is 4.98 Å². The predicted molar refractivity (Wildman–Crippen MR) is 124 cm³/mol. The molecule has 0 amide bonds. The number of aliphatic hydroxyl groups is 1. The van der Waals surface area contributed by atoms with E-state index in [1.165, 1.54) is 0 Å². The lowest BCUT2D eigenvalue weighted by Crippen LogP contribution is -2.41. The number of hydrogen-bond acceptors (Lipinski definition) is 4. The number of nitrogens with one attached hydrogen (secondary N) is 1. The van der Waals surface area contributed by atoms with E-state index >= 15 is 0 Å². The molecule has 0 saturated carbocycles. The van der Waals surface area contributed by atoms with Gasteiger partial charge in [0.05, 0.1) is 18.3 Å². The van der Waals surface area contributed by atoms with Gasteiger partial charge in [0.1, 0.15) is 11.4 Å². The first-order valence-corrected chi connectivity index (χ1v) is 10.6. The van der Waals surface area contributed by atoms with Crippen LogP contribution in [0.1, 0.15) is 51.4 Å². The summed E-state index contributed by atoms with van der Waals surface area (Å²) in [4.78, 5) is 4.84. The molecule has 1 atom stereocenters. The zero-order valence-corrected chi connectivity index (χ0v) is 19.0. The van der Waals surface area contributed by atoms with E-state index in [9.17, 15) is 5.11 Å². The third-order valence-corrected chi connectivity index (χ3v) is 5.47. The van der Waals surface area contributed by atoms with E-state index in [1.54, 1.807) is 7.11 Å². The SMILES string of the molecule is COc1ccc(C(C)(C)C)cc1C(O)(CNCC(C)C)c1ccc2ccccc2n1. The Balaban J connectivity index is 2.18. The fourth-order valence-electron chi connectivity index (χ4n) is 3.66. The molecule has 0 aliphatic heterocycles. The molecule has 3 aromatic rings. The number of para-hydroxylation sites is 1. The lowest BCUT2D eigenvalue weighted by Gasteiger charge is -2.32. The molecule has 2 aromatic carbocycles. The van der Waals surface area contributed by atoms with Crippen LogP contribution in [0.25, 0.3) is 10.9 Å². The summed E-state index contributed by atoms with van der Waals surface area (Å²) in [6, 6.07) is 18.0. The van der Waals surface area contributed by atoms with Crippen LogP contribution in [0.5, 0.6) is 5.75 Å². The van der Waals surface area contributed by atoms with Crippen LogP contribution in [0.3, 0.4) is 0 Å². The van der Waals surface area contributed by atoms with Gasteiger partial charge in [-0.2, -0.15) is 0 Å². The third kappa shape index (κ3) is 4.66. The minimum atomic E-state index is -1.33. The number of hydrogen-bond donors (Lipinski definition) is 2. The van der Waals surface area contributed by atoms with Crippen LogP contribution in [0.15, 0.2) is 54.6 Å². The molecule has 30 heavy (non-hydrogen) atoms. The average molecular weight is 407 g/mol. The molecule has 160 valence electrons. The van der Waals surface area contributed by atoms with Gasteiger partial charge in [-0.15, -0.1) is 0 Å². The Morgan fingerprint density at radius 3 is 2.43 bits per heavy atom. The second-order valence-corrected chi connectivity index (χ2v) is 9.44. The molecule has 4 heteroatoms. The maximum atomic E-state index is 12.1. The smallest absolute Gasteiger partial charge is 0.147 e. The van der Waals surface area contributed by atoms with Gasteiger partial charge in [0.25, 0.3) is 0 Å². The van der Waals surface area contributed by atoms with Crippen LogP contribution in [0, 0.1) is 5.92 Å². The molecule has 0 radical (unpaired) electrons. The van der Waals surface area contributed by atoms with Crippen molar-refractivity contribution in [3.05, 3.63) is 71.4 Å². The third-order valence-electron chi connectivity index (χ3n) is 5.47. The molecular formula is C26H34N2O2. The fourth-order valence-corrected chi connectivity index (χ4v) is 3.66. The van der Waals surface area contributed by atoms with Crippen molar-refractivity contribution < 1.29 is 9.84 Å². The summed E-state index contributed by atoms with van der Waals surface area (Å²) in [5.74, 6) is 1.13. The maximum Gasteiger partial charge on any atom is 0.147 e. The first-order valence-electron chi connectivity index (χ1n) is 10.6. The van der Waals surface area contributed by atoms with Gasteiger partial charge in [-0.1, -0.05) is 65.0 Å². The molecule has 0 aliphatic carbocycles. The first kappa shape index (κ1) is 22.3. The van der Waals surface area contributed by atoms with E-state index < -0.39 is 5.60 Å². The van der Waals surface area contributed by atoms with E-state index in [0.717, 1.165) is 28.6 Å². The minimum Gasteiger partial charge on any atom is -0.496 e. The van der Waals surface area contributed by atoms with Gasteiger partial charge in [0.2, 0.25) is 0 Å². The number of methoxy groups -OCH3 is 1. The van der Waals surface area contributed by atoms with Crippen molar-refractivity contribution in [2.24, 2.45) is 5.92 Å². The monoisotopic (exact) mass is 406 g/mol. The largest absolute Gasteiger partial charge is 0.496 e. The lowest BCUT2D eigenvalue weighted by molar-refractivity contribution is 0.0721. The van der Waals surface area contributed by atoms with Crippen molar-refractivity contribution >= 4 is 10.9 Å². The van der Waals surface area contributed by atoms with Crippen LogP contribution < -0.4 is 10.1 Å². The number of rotatable bonds is 7. The Morgan fingerprint density at radius 2 is 1.77 bits per heavy atom. The summed E-state index contributed by atoms with van der Waals surface area (Å²) in [7, 11) is 1.64. The van der Waals surface area contributed by atoms with Crippen LogP contribution in [-0.4, -0.2) is 30.3 Å². The Bertz CT molecular complexity index is 1010. The van der Waals surface area contributed by atoms with Gasteiger partial charge in [-0.3, -0.25) is 0 Å². The van der Waals surface area contributed by atoms with Crippen molar-refractivity contribution in [3.63, 3.8) is 0 Å². The highest BCUT2D eigenvalue weighted by molar-refractivity contribution is 5.78. The predicted octanol–water partition coefficient (Wildman–Crippen LogP) is 5.02. The highest BCUT2D eigenvalue weighted by atomic mass is 16.5. The van der Waals surface area contributed by atoms with Crippen molar-refractivity contribution in [1.82, 2.24) is 10.3 Å². The number of nitrogens with zero attached hydrogens (tertiary/aromatic N) is 1. The summed E-state index contributed by atoms with van der Waals surface area (Å²) < 4.78 is 5.68. The van der Waals surface area contributed by atoms with E-state index in [2.05, 4.69) is 52.1 Å². The van der Waals surface area contributed by atoms with Gasteiger partial charge in [0, 0.05) is 17.5 Å². The molecule has 0 aliphatic rings. The Morgan fingerprint density at radius 1 is 1.03 bits per heavy atom. The summed E-state index contributed by atoms with van der Waals surface area (Å²) >= 11 is 0. The molecular weight excluding hydrogens is 372 g/mol. The van der Waals surface area contributed by atoms with Gasteiger partial charge < -0.3 is 15.2 Å². The Hall–Kier alpha value is -2.43. The van der Waals surface area contributed by atoms with E-state index in [-0.39, 0.29) is 5.41 Å². The van der Waals surface area contributed by atoms with Crippen molar-refractivity contribution in [1.29, 1.82) is 0 Å². The minimum absolute atomic E-state index is 0.0515. The second kappa shape index (κ2) is 8.75. The quantitative estimate of drug-likeness (QED) is 0.578. The molecule has 1 unspecified atom stereocenters. The highest BCUT2D eigenvalue weighted by Gasteiger charge is 2.37.